The van der Waals surface area contributed by atoms with Gasteiger partial charge in [-0.05, 0) is 26.2 Å². The second-order valence-electron chi connectivity index (χ2n) is 5.31. The summed E-state index contributed by atoms with van der Waals surface area (Å²) < 4.78 is 28.3. The highest BCUT2D eigenvalue weighted by atomic mass is 32.2. The number of aliphatic carboxylic acids is 1. The van der Waals surface area contributed by atoms with Crippen molar-refractivity contribution in [1.29, 1.82) is 0 Å². The van der Waals surface area contributed by atoms with Crippen LogP contribution < -0.4 is 4.72 Å². The molecule has 2 N–H and O–H groups in total. The molecular formula is C12H24N2O4S. The van der Waals surface area contributed by atoms with Crippen LogP contribution in [-0.2, 0) is 15.0 Å². The molecule has 0 aliphatic carbocycles. The second kappa shape index (κ2) is 6.67. The first-order chi connectivity index (χ1) is 8.82. The Morgan fingerprint density at radius 1 is 1.26 bits per heavy atom. The fourth-order valence-corrected chi connectivity index (χ4v) is 3.96. The normalized spacial score (nSPS) is 21.6. The zero-order chi connectivity index (χ0) is 14.5. The summed E-state index contributed by atoms with van der Waals surface area (Å²) in [5, 5.41) is 9.24. The van der Waals surface area contributed by atoms with Crippen LogP contribution in [0.25, 0.3) is 0 Å². The predicted molar refractivity (Wildman–Crippen MR) is 73.0 cm³/mol. The zero-order valence-corrected chi connectivity index (χ0v) is 12.5. The van der Waals surface area contributed by atoms with Crippen molar-refractivity contribution in [2.24, 2.45) is 0 Å². The summed E-state index contributed by atoms with van der Waals surface area (Å²) in [6, 6.07) is 0. The first-order valence-electron chi connectivity index (χ1n) is 6.84. The molecule has 1 atom stereocenters. The van der Waals surface area contributed by atoms with E-state index in [2.05, 4.69) is 4.72 Å². The smallest absolute Gasteiger partial charge is 0.324 e. The van der Waals surface area contributed by atoms with E-state index in [9.17, 15) is 18.3 Å². The summed E-state index contributed by atoms with van der Waals surface area (Å²) in [5.74, 6) is -1.13. The maximum Gasteiger partial charge on any atom is 0.324 e. The van der Waals surface area contributed by atoms with Crippen LogP contribution in [0, 0.1) is 0 Å². The van der Waals surface area contributed by atoms with E-state index in [0.717, 1.165) is 25.7 Å². The number of carbonyl (C=O) groups is 1. The molecular weight excluding hydrogens is 268 g/mol. The Balaban J connectivity index is 2.84. The first-order valence-corrected chi connectivity index (χ1v) is 8.28. The van der Waals surface area contributed by atoms with E-state index in [1.54, 1.807) is 0 Å². The van der Waals surface area contributed by atoms with Crippen molar-refractivity contribution in [3.05, 3.63) is 0 Å². The Morgan fingerprint density at radius 2 is 1.79 bits per heavy atom. The lowest BCUT2D eigenvalue weighted by atomic mass is 9.98. The van der Waals surface area contributed by atoms with Gasteiger partial charge in [0, 0.05) is 13.1 Å². The summed E-state index contributed by atoms with van der Waals surface area (Å²) in [7, 11) is -3.73. The van der Waals surface area contributed by atoms with Crippen LogP contribution >= 0.6 is 0 Å². The minimum Gasteiger partial charge on any atom is -0.480 e. The third kappa shape index (κ3) is 4.43. The molecule has 1 fully saturated rings. The van der Waals surface area contributed by atoms with Crippen molar-refractivity contribution in [2.75, 3.05) is 13.1 Å². The molecule has 7 heteroatoms. The van der Waals surface area contributed by atoms with Gasteiger partial charge in [-0.2, -0.15) is 17.4 Å². The molecule has 1 heterocycles. The third-order valence-electron chi connectivity index (χ3n) is 3.48. The molecule has 0 bridgehead atoms. The molecule has 1 unspecified atom stereocenters. The lowest BCUT2D eigenvalue weighted by Gasteiger charge is -2.29. The molecule has 19 heavy (non-hydrogen) atoms. The van der Waals surface area contributed by atoms with Gasteiger partial charge in [-0.15, -0.1) is 0 Å². The molecule has 0 aromatic rings. The Kier molecular flexibility index (Phi) is 5.76. The molecule has 0 aromatic carbocycles. The number of nitrogens with one attached hydrogen (secondary N) is 1. The largest absolute Gasteiger partial charge is 0.480 e. The van der Waals surface area contributed by atoms with E-state index >= 15 is 0 Å². The lowest BCUT2D eigenvalue weighted by Crippen LogP contribution is -2.56. The van der Waals surface area contributed by atoms with Gasteiger partial charge in [0.2, 0.25) is 0 Å². The molecule has 6 nitrogen and oxygen atoms in total. The molecule has 0 radical (unpaired) electrons. The molecule has 1 aliphatic rings. The van der Waals surface area contributed by atoms with Gasteiger partial charge < -0.3 is 5.11 Å². The standard InChI is InChI=1S/C12H24N2O4S/c1-3-8-12(2,11(15)16)13-19(17,18)14-9-6-4-5-7-10-14/h13H,3-10H2,1-2H3,(H,15,16). The van der Waals surface area contributed by atoms with Crippen LogP contribution in [0.4, 0.5) is 0 Å². The molecule has 1 rings (SSSR count). The highest BCUT2D eigenvalue weighted by molar-refractivity contribution is 7.87. The molecule has 1 saturated heterocycles. The van der Waals surface area contributed by atoms with Gasteiger partial charge in [0.15, 0.2) is 0 Å². The monoisotopic (exact) mass is 292 g/mol. The minimum atomic E-state index is -3.73. The van der Waals surface area contributed by atoms with E-state index in [4.69, 9.17) is 0 Å². The van der Waals surface area contributed by atoms with Crippen LogP contribution in [-0.4, -0.2) is 42.4 Å². The Bertz CT molecular complexity index is 402. The number of hydrogen-bond donors (Lipinski definition) is 2. The van der Waals surface area contributed by atoms with E-state index in [-0.39, 0.29) is 6.42 Å². The summed E-state index contributed by atoms with van der Waals surface area (Å²) >= 11 is 0. The SMILES string of the molecule is CCCC(C)(NS(=O)(=O)N1CCCCCC1)C(=O)O. The predicted octanol–water partition coefficient (Wildman–Crippen LogP) is 1.34. The van der Waals surface area contributed by atoms with E-state index in [1.165, 1.54) is 11.2 Å². The second-order valence-corrected chi connectivity index (χ2v) is 6.98. The summed E-state index contributed by atoms with van der Waals surface area (Å²) in [6.45, 7) is 4.20. The molecule has 0 spiro atoms. The number of nitrogens with zero attached hydrogens (tertiary/aromatic N) is 1. The fourth-order valence-electron chi connectivity index (χ4n) is 2.33. The maximum atomic E-state index is 12.3. The average Bonchev–Trinajstić information content (AvgIpc) is 2.57. The van der Waals surface area contributed by atoms with Crippen LogP contribution in [0.5, 0.6) is 0 Å². The maximum absolute atomic E-state index is 12.3. The van der Waals surface area contributed by atoms with Crippen LogP contribution in [0.2, 0.25) is 0 Å². The summed E-state index contributed by atoms with van der Waals surface area (Å²) in [6.07, 6.45) is 4.59. The Morgan fingerprint density at radius 3 is 2.21 bits per heavy atom. The first kappa shape index (κ1) is 16.4. The van der Waals surface area contributed by atoms with E-state index < -0.39 is 21.7 Å². The highest BCUT2D eigenvalue weighted by Crippen LogP contribution is 2.18. The number of hydrogen-bond acceptors (Lipinski definition) is 3. The van der Waals surface area contributed by atoms with Gasteiger partial charge >= 0.3 is 5.97 Å². The van der Waals surface area contributed by atoms with E-state index in [1.807, 2.05) is 6.92 Å². The van der Waals surface area contributed by atoms with Crippen molar-refractivity contribution in [3.63, 3.8) is 0 Å². The van der Waals surface area contributed by atoms with Crippen molar-refractivity contribution in [1.82, 2.24) is 9.03 Å². The van der Waals surface area contributed by atoms with Gasteiger partial charge in [0.05, 0.1) is 0 Å². The van der Waals surface area contributed by atoms with Crippen LogP contribution in [0.3, 0.4) is 0 Å². The minimum absolute atomic E-state index is 0.273. The molecule has 1 aliphatic heterocycles. The summed E-state index contributed by atoms with van der Waals surface area (Å²) in [4.78, 5) is 11.3. The topological polar surface area (TPSA) is 86.7 Å². The average molecular weight is 292 g/mol. The summed E-state index contributed by atoms with van der Waals surface area (Å²) in [5.41, 5.74) is -1.43. The number of carboxylic acid groups (broad SMARTS) is 1. The zero-order valence-electron chi connectivity index (χ0n) is 11.7. The van der Waals surface area contributed by atoms with Gasteiger partial charge in [-0.25, -0.2) is 0 Å². The Labute approximate surface area is 115 Å². The van der Waals surface area contributed by atoms with Gasteiger partial charge in [-0.1, -0.05) is 26.2 Å². The fraction of sp³-hybridized carbons (Fsp3) is 0.917. The third-order valence-corrected chi connectivity index (χ3v) is 5.23. The molecule has 0 saturated carbocycles. The molecule has 0 amide bonds. The van der Waals surface area contributed by atoms with Crippen molar-refractivity contribution < 1.29 is 18.3 Å². The van der Waals surface area contributed by atoms with Crippen LogP contribution in [0.1, 0.15) is 52.4 Å². The van der Waals surface area contributed by atoms with Gasteiger partial charge in [0.25, 0.3) is 10.2 Å². The van der Waals surface area contributed by atoms with Gasteiger partial charge in [0.1, 0.15) is 5.54 Å². The highest BCUT2D eigenvalue weighted by Gasteiger charge is 2.38. The Hall–Kier alpha value is -0.660. The van der Waals surface area contributed by atoms with E-state index in [0.29, 0.717) is 19.5 Å². The van der Waals surface area contributed by atoms with Crippen LogP contribution in [0.15, 0.2) is 0 Å². The van der Waals surface area contributed by atoms with Crippen molar-refractivity contribution in [2.45, 2.75) is 57.9 Å². The lowest BCUT2D eigenvalue weighted by molar-refractivity contribution is -0.143. The van der Waals surface area contributed by atoms with Gasteiger partial charge in [-0.3, -0.25) is 4.79 Å². The molecule has 112 valence electrons. The number of rotatable bonds is 6. The number of carboxylic acids is 1. The molecule has 0 aromatic heterocycles. The quantitative estimate of drug-likeness (QED) is 0.773. The van der Waals surface area contributed by atoms with Crippen molar-refractivity contribution >= 4 is 16.2 Å². The van der Waals surface area contributed by atoms with Crippen molar-refractivity contribution in [3.8, 4) is 0 Å².